The van der Waals surface area contributed by atoms with Crippen molar-refractivity contribution in [2.75, 3.05) is 20.6 Å². The van der Waals surface area contributed by atoms with Gasteiger partial charge in [0.05, 0.1) is 10.3 Å². The van der Waals surface area contributed by atoms with Crippen LogP contribution in [0.4, 0.5) is 0 Å². The summed E-state index contributed by atoms with van der Waals surface area (Å²) in [6, 6.07) is 2.10. The molecule has 1 heterocycles. The lowest BCUT2D eigenvalue weighted by molar-refractivity contribution is -0.141. The van der Waals surface area contributed by atoms with E-state index in [9.17, 15) is 9.59 Å². The van der Waals surface area contributed by atoms with E-state index >= 15 is 0 Å². The van der Waals surface area contributed by atoms with Gasteiger partial charge in [-0.3, -0.25) is 9.59 Å². The van der Waals surface area contributed by atoms with Crippen LogP contribution in [0.25, 0.3) is 0 Å². The van der Waals surface area contributed by atoms with E-state index in [0.717, 1.165) is 37.0 Å². The van der Waals surface area contributed by atoms with Gasteiger partial charge in [-0.05, 0) is 56.1 Å². The number of fused-ring (bicyclic) bond motifs is 1. The van der Waals surface area contributed by atoms with E-state index in [0.29, 0.717) is 12.5 Å². The number of amides is 2. The molecule has 26 heavy (non-hydrogen) atoms. The molecule has 3 rings (SSSR count). The molecule has 5 heteroatoms. The zero-order chi connectivity index (χ0) is 18.7. The highest BCUT2D eigenvalue weighted by atomic mass is 32.1. The fourth-order valence-electron chi connectivity index (χ4n) is 4.63. The van der Waals surface area contributed by atoms with Crippen molar-refractivity contribution < 1.29 is 9.59 Å². The lowest BCUT2D eigenvalue weighted by Gasteiger charge is -2.34. The van der Waals surface area contributed by atoms with Crippen LogP contribution < -0.4 is 5.32 Å². The first kappa shape index (κ1) is 19.4. The summed E-state index contributed by atoms with van der Waals surface area (Å²) in [5.74, 6) is 0.453. The topological polar surface area (TPSA) is 49.4 Å². The predicted octanol–water partition coefficient (Wildman–Crippen LogP) is 4.03. The molecule has 2 aliphatic carbocycles. The van der Waals surface area contributed by atoms with E-state index in [1.165, 1.54) is 36.1 Å². The molecule has 1 N–H and O–H groups in total. The van der Waals surface area contributed by atoms with Gasteiger partial charge in [0.1, 0.15) is 0 Å². The number of aryl methyl sites for hydroxylation is 2. The summed E-state index contributed by atoms with van der Waals surface area (Å²) >= 11 is 1.66. The van der Waals surface area contributed by atoms with Crippen LogP contribution in [0.1, 0.15) is 72.0 Å². The molecule has 1 fully saturated rings. The summed E-state index contributed by atoms with van der Waals surface area (Å²) in [6.07, 6.45) is 10.2. The number of hydrogen-bond donors (Lipinski definition) is 1. The van der Waals surface area contributed by atoms with Crippen LogP contribution in [0.5, 0.6) is 0 Å². The van der Waals surface area contributed by atoms with Gasteiger partial charge in [0.2, 0.25) is 5.91 Å². The number of nitrogens with zero attached hydrogens (tertiary/aromatic N) is 1. The molecule has 144 valence electrons. The molecular weight excluding hydrogens is 344 g/mol. The molecule has 2 atom stereocenters. The third-order valence-electron chi connectivity index (χ3n) is 6.32. The maximum Gasteiger partial charge on any atom is 0.261 e. The third-order valence-corrected chi connectivity index (χ3v) is 7.56. The first-order chi connectivity index (χ1) is 12.4. The van der Waals surface area contributed by atoms with Gasteiger partial charge < -0.3 is 10.2 Å². The lowest BCUT2D eigenvalue weighted by Crippen LogP contribution is -2.49. The number of hydrogen-bond acceptors (Lipinski definition) is 3. The SMILES string of the molecule is CC1CCCC1(CNC(=O)c1cc2c(s1)CCCCCC2)C(=O)N(C)C. The normalized spacial score (nSPS) is 25.9. The van der Waals surface area contributed by atoms with Crippen molar-refractivity contribution in [3.8, 4) is 0 Å². The van der Waals surface area contributed by atoms with Gasteiger partial charge in [0.25, 0.3) is 5.91 Å². The highest BCUT2D eigenvalue weighted by molar-refractivity contribution is 7.14. The van der Waals surface area contributed by atoms with Gasteiger partial charge in [0, 0.05) is 25.5 Å². The highest BCUT2D eigenvalue weighted by Gasteiger charge is 2.47. The summed E-state index contributed by atoms with van der Waals surface area (Å²) in [5, 5.41) is 3.11. The van der Waals surface area contributed by atoms with Crippen LogP contribution >= 0.6 is 11.3 Å². The second-order valence-corrected chi connectivity index (χ2v) is 9.44. The van der Waals surface area contributed by atoms with Gasteiger partial charge >= 0.3 is 0 Å². The van der Waals surface area contributed by atoms with Crippen LogP contribution in [0.3, 0.4) is 0 Å². The molecule has 4 nitrogen and oxygen atoms in total. The highest BCUT2D eigenvalue weighted by Crippen LogP contribution is 2.44. The molecule has 0 saturated heterocycles. The summed E-state index contributed by atoms with van der Waals surface area (Å²) in [6.45, 7) is 2.60. The van der Waals surface area contributed by atoms with Crippen LogP contribution in [-0.4, -0.2) is 37.4 Å². The van der Waals surface area contributed by atoms with Crippen molar-refractivity contribution in [1.29, 1.82) is 0 Å². The Morgan fingerprint density at radius 2 is 1.92 bits per heavy atom. The van der Waals surface area contributed by atoms with E-state index in [4.69, 9.17) is 0 Å². The molecule has 0 spiro atoms. The first-order valence-electron chi connectivity index (χ1n) is 10.1. The molecule has 0 bridgehead atoms. The van der Waals surface area contributed by atoms with Crippen LogP contribution in [-0.2, 0) is 17.6 Å². The lowest BCUT2D eigenvalue weighted by atomic mass is 9.77. The molecule has 1 aromatic heterocycles. The minimum Gasteiger partial charge on any atom is -0.350 e. The fraction of sp³-hybridized carbons (Fsp3) is 0.714. The molecule has 2 amide bonds. The Morgan fingerprint density at radius 3 is 2.58 bits per heavy atom. The summed E-state index contributed by atoms with van der Waals surface area (Å²) < 4.78 is 0. The minimum absolute atomic E-state index is 0.00761. The molecule has 0 radical (unpaired) electrons. The van der Waals surface area contributed by atoms with Crippen LogP contribution in [0.2, 0.25) is 0 Å². The Morgan fingerprint density at radius 1 is 1.19 bits per heavy atom. The van der Waals surface area contributed by atoms with Gasteiger partial charge in [-0.25, -0.2) is 0 Å². The zero-order valence-corrected chi connectivity index (χ0v) is 17.2. The molecule has 2 aliphatic rings. The largest absolute Gasteiger partial charge is 0.350 e. The van der Waals surface area contributed by atoms with Crippen LogP contribution in [0.15, 0.2) is 6.07 Å². The van der Waals surface area contributed by atoms with Crippen LogP contribution in [0, 0.1) is 11.3 Å². The molecule has 1 saturated carbocycles. The average molecular weight is 377 g/mol. The number of nitrogens with one attached hydrogen (secondary N) is 1. The van der Waals surface area contributed by atoms with Crippen molar-refractivity contribution in [3.63, 3.8) is 0 Å². The Bertz CT molecular complexity index is 641. The Balaban J connectivity index is 1.71. The molecular formula is C21H32N2O2S. The first-order valence-corrected chi connectivity index (χ1v) is 10.9. The number of rotatable bonds is 4. The maximum atomic E-state index is 12.8. The smallest absolute Gasteiger partial charge is 0.261 e. The van der Waals surface area contributed by atoms with Crippen molar-refractivity contribution in [3.05, 3.63) is 21.4 Å². The van der Waals surface area contributed by atoms with Gasteiger partial charge in [-0.15, -0.1) is 11.3 Å². The number of carbonyl (C=O) groups excluding carboxylic acids is 2. The fourth-order valence-corrected chi connectivity index (χ4v) is 5.80. The van der Waals surface area contributed by atoms with E-state index in [1.807, 2.05) is 14.1 Å². The predicted molar refractivity (Wildman–Crippen MR) is 107 cm³/mol. The van der Waals surface area contributed by atoms with Crippen molar-refractivity contribution >= 4 is 23.2 Å². The monoisotopic (exact) mass is 376 g/mol. The second kappa shape index (κ2) is 8.12. The van der Waals surface area contributed by atoms with Crippen molar-refractivity contribution in [2.45, 2.75) is 64.7 Å². The molecule has 0 aromatic carbocycles. The Hall–Kier alpha value is -1.36. The van der Waals surface area contributed by atoms with E-state index in [2.05, 4.69) is 18.3 Å². The van der Waals surface area contributed by atoms with E-state index < -0.39 is 5.41 Å². The van der Waals surface area contributed by atoms with Crippen molar-refractivity contribution in [2.24, 2.45) is 11.3 Å². The Labute approximate surface area is 161 Å². The standard InChI is InChI=1S/C21H32N2O2S/c1-15-9-8-12-21(15,20(25)23(2)3)14-22-19(24)18-13-16-10-6-4-5-7-11-17(16)26-18/h13,15H,4-12,14H2,1-3H3,(H,22,24). The van der Waals surface area contributed by atoms with E-state index in [1.54, 1.807) is 16.2 Å². The zero-order valence-electron chi connectivity index (χ0n) is 16.4. The van der Waals surface area contributed by atoms with Gasteiger partial charge in [-0.1, -0.05) is 26.2 Å². The number of thiophene rings is 1. The number of carbonyl (C=O) groups is 2. The van der Waals surface area contributed by atoms with E-state index in [-0.39, 0.29) is 11.8 Å². The summed E-state index contributed by atoms with van der Waals surface area (Å²) in [7, 11) is 3.63. The maximum absolute atomic E-state index is 12.8. The quantitative estimate of drug-likeness (QED) is 0.862. The van der Waals surface area contributed by atoms with Crippen molar-refractivity contribution in [1.82, 2.24) is 10.2 Å². The average Bonchev–Trinajstić information content (AvgIpc) is 3.16. The second-order valence-electron chi connectivity index (χ2n) is 8.30. The Kier molecular flexibility index (Phi) is 6.06. The summed E-state index contributed by atoms with van der Waals surface area (Å²) in [5.41, 5.74) is 0.929. The van der Waals surface area contributed by atoms with Gasteiger partial charge in [-0.2, -0.15) is 0 Å². The third kappa shape index (κ3) is 3.83. The molecule has 1 aromatic rings. The van der Waals surface area contributed by atoms with Gasteiger partial charge in [0.15, 0.2) is 0 Å². The summed E-state index contributed by atoms with van der Waals surface area (Å²) in [4.78, 5) is 29.5. The minimum atomic E-state index is -0.439. The molecule has 2 unspecified atom stereocenters. The molecule has 0 aliphatic heterocycles.